The van der Waals surface area contributed by atoms with E-state index in [9.17, 15) is 14.7 Å². The number of carbonyl (C=O) groups excluding carboxylic acids is 2. The van der Waals surface area contributed by atoms with E-state index in [1.165, 1.54) is 89.9 Å². The van der Waals surface area contributed by atoms with E-state index >= 15 is 0 Å². The van der Waals surface area contributed by atoms with Gasteiger partial charge in [-0.3, -0.25) is 9.59 Å². The molecule has 5 heteroatoms. The standard InChI is InChI=1S/C43H74O5/c1-3-5-7-9-11-13-15-17-19-20-21-22-24-25-27-29-31-33-35-37-42(45)47-40-41(39-44)48-43(46)38-36-34-32-30-28-26-23-18-16-14-12-10-8-6-4-2/h11,13-14,16-17,19,21-22,25,27,41,44H,3-10,12,15,18,20,23-24,26,28-40H2,1-2H3/b13-11-,16-14-,19-17-,22-21-,27-25-/t41-/m0/s1. The second-order valence-electron chi connectivity index (χ2n) is 13.0. The predicted molar refractivity (Wildman–Crippen MR) is 205 cm³/mol. The monoisotopic (exact) mass is 671 g/mol. The van der Waals surface area contributed by atoms with Crippen LogP contribution in [0.25, 0.3) is 0 Å². The molecule has 0 spiro atoms. The van der Waals surface area contributed by atoms with Gasteiger partial charge in [0.2, 0.25) is 0 Å². The van der Waals surface area contributed by atoms with Crippen molar-refractivity contribution in [2.45, 2.75) is 187 Å². The number of aliphatic hydroxyl groups is 1. The van der Waals surface area contributed by atoms with E-state index < -0.39 is 6.10 Å². The van der Waals surface area contributed by atoms with E-state index in [4.69, 9.17) is 9.47 Å². The maximum absolute atomic E-state index is 12.2. The second-order valence-corrected chi connectivity index (χ2v) is 13.0. The van der Waals surface area contributed by atoms with Crippen molar-refractivity contribution in [2.75, 3.05) is 13.2 Å². The van der Waals surface area contributed by atoms with Crippen molar-refractivity contribution in [1.29, 1.82) is 0 Å². The number of aliphatic hydroxyl groups excluding tert-OH is 1. The van der Waals surface area contributed by atoms with Crippen LogP contribution in [-0.2, 0) is 19.1 Å². The Morgan fingerprint density at radius 2 is 0.833 bits per heavy atom. The number of esters is 2. The molecule has 0 rings (SSSR count). The normalized spacial score (nSPS) is 12.8. The summed E-state index contributed by atoms with van der Waals surface area (Å²) in [6.45, 7) is 4.06. The summed E-state index contributed by atoms with van der Waals surface area (Å²) in [5, 5.41) is 9.55. The Morgan fingerprint density at radius 1 is 0.479 bits per heavy atom. The molecule has 5 nitrogen and oxygen atoms in total. The zero-order chi connectivity index (χ0) is 35.0. The second kappa shape index (κ2) is 39.0. The van der Waals surface area contributed by atoms with Gasteiger partial charge in [0.25, 0.3) is 0 Å². The Morgan fingerprint density at radius 3 is 1.33 bits per heavy atom. The molecule has 1 N–H and O–H groups in total. The molecule has 0 radical (unpaired) electrons. The summed E-state index contributed by atoms with van der Waals surface area (Å²) >= 11 is 0. The molecule has 0 aliphatic rings. The zero-order valence-corrected chi connectivity index (χ0v) is 31.2. The SMILES string of the molecule is CCCCC/C=C\C/C=C\C/C=C\C/C=C\CCCCCC(=O)OC[C@H](CO)OC(=O)CCCCCCCCC/C=C\CCCCCC. The van der Waals surface area contributed by atoms with Crippen LogP contribution in [-0.4, -0.2) is 36.4 Å². The first-order valence-electron chi connectivity index (χ1n) is 19.8. The molecule has 0 aliphatic heterocycles. The van der Waals surface area contributed by atoms with Gasteiger partial charge in [0.05, 0.1) is 6.61 Å². The highest BCUT2D eigenvalue weighted by Gasteiger charge is 2.16. The van der Waals surface area contributed by atoms with Crippen LogP contribution in [0, 0.1) is 0 Å². The van der Waals surface area contributed by atoms with E-state index in [1.807, 2.05) is 0 Å². The van der Waals surface area contributed by atoms with Crippen molar-refractivity contribution in [2.24, 2.45) is 0 Å². The third-order valence-electron chi connectivity index (χ3n) is 8.28. The smallest absolute Gasteiger partial charge is 0.306 e. The van der Waals surface area contributed by atoms with E-state index in [0.29, 0.717) is 12.8 Å². The van der Waals surface area contributed by atoms with Crippen LogP contribution < -0.4 is 0 Å². The van der Waals surface area contributed by atoms with Crippen molar-refractivity contribution in [1.82, 2.24) is 0 Å². The lowest BCUT2D eigenvalue weighted by atomic mass is 10.1. The molecule has 48 heavy (non-hydrogen) atoms. The molecule has 0 aromatic carbocycles. The van der Waals surface area contributed by atoms with Crippen LogP contribution in [0.4, 0.5) is 0 Å². The minimum absolute atomic E-state index is 0.0860. The minimum atomic E-state index is -0.788. The van der Waals surface area contributed by atoms with Gasteiger partial charge < -0.3 is 14.6 Å². The van der Waals surface area contributed by atoms with Crippen LogP contribution in [0.1, 0.15) is 181 Å². The van der Waals surface area contributed by atoms with Crippen molar-refractivity contribution < 1.29 is 24.2 Å². The first-order valence-corrected chi connectivity index (χ1v) is 19.8. The molecular formula is C43H74O5. The van der Waals surface area contributed by atoms with Crippen molar-refractivity contribution in [3.05, 3.63) is 60.8 Å². The zero-order valence-electron chi connectivity index (χ0n) is 31.2. The lowest BCUT2D eigenvalue weighted by molar-refractivity contribution is -0.161. The molecule has 0 amide bonds. The Balaban J connectivity index is 3.65. The molecule has 0 fully saturated rings. The molecule has 0 bridgehead atoms. The average molecular weight is 671 g/mol. The van der Waals surface area contributed by atoms with Gasteiger partial charge in [0.15, 0.2) is 6.10 Å². The molecule has 276 valence electrons. The number of carbonyl (C=O) groups is 2. The summed E-state index contributed by atoms with van der Waals surface area (Å²) in [5.41, 5.74) is 0. The van der Waals surface area contributed by atoms with Gasteiger partial charge in [-0.1, -0.05) is 145 Å². The first kappa shape index (κ1) is 45.6. The van der Waals surface area contributed by atoms with E-state index in [-0.39, 0.29) is 25.2 Å². The molecule has 0 aliphatic carbocycles. The van der Waals surface area contributed by atoms with Gasteiger partial charge in [-0.25, -0.2) is 0 Å². The summed E-state index contributed by atoms with van der Waals surface area (Å²) in [4.78, 5) is 24.2. The average Bonchev–Trinajstić information content (AvgIpc) is 3.09. The van der Waals surface area contributed by atoms with Crippen molar-refractivity contribution in [3.63, 3.8) is 0 Å². The highest BCUT2D eigenvalue weighted by Crippen LogP contribution is 2.12. The number of unbranched alkanes of at least 4 members (excludes halogenated alkanes) is 17. The number of hydrogen-bond donors (Lipinski definition) is 1. The molecule has 0 saturated carbocycles. The number of hydrogen-bond acceptors (Lipinski definition) is 5. The van der Waals surface area contributed by atoms with Crippen molar-refractivity contribution >= 4 is 11.9 Å². The van der Waals surface area contributed by atoms with Gasteiger partial charge in [0, 0.05) is 12.8 Å². The largest absolute Gasteiger partial charge is 0.462 e. The molecule has 0 heterocycles. The lowest BCUT2D eigenvalue weighted by Gasteiger charge is -2.15. The van der Waals surface area contributed by atoms with E-state index in [2.05, 4.69) is 74.6 Å². The number of rotatable bonds is 35. The van der Waals surface area contributed by atoms with Crippen LogP contribution in [0.2, 0.25) is 0 Å². The van der Waals surface area contributed by atoms with Gasteiger partial charge >= 0.3 is 11.9 Å². The summed E-state index contributed by atoms with van der Waals surface area (Å²) in [7, 11) is 0. The highest BCUT2D eigenvalue weighted by molar-refractivity contribution is 5.70. The van der Waals surface area contributed by atoms with Crippen LogP contribution in [0.5, 0.6) is 0 Å². The minimum Gasteiger partial charge on any atom is -0.462 e. The topological polar surface area (TPSA) is 72.8 Å². The van der Waals surface area contributed by atoms with Crippen molar-refractivity contribution in [3.8, 4) is 0 Å². The van der Waals surface area contributed by atoms with Crippen LogP contribution in [0.3, 0.4) is 0 Å². The summed E-state index contributed by atoms with van der Waals surface area (Å²) in [5.74, 6) is -0.635. The maximum atomic E-state index is 12.2. The van der Waals surface area contributed by atoms with Gasteiger partial charge in [-0.05, 0) is 83.5 Å². The van der Waals surface area contributed by atoms with Crippen LogP contribution in [0.15, 0.2) is 60.8 Å². The Hall–Kier alpha value is -2.40. The highest BCUT2D eigenvalue weighted by atomic mass is 16.6. The van der Waals surface area contributed by atoms with E-state index in [1.54, 1.807) is 0 Å². The molecule has 0 aromatic rings. The summed E-state index contributed by atoms with van der Waals surface area (Å²) in [6, 6.07) is 0. The fourth-order valence-corrected chi connectivity index (χ4v) is 5.24. The Kier molecular flexibility index (Phi) is 37.1. The van der Waals surface area contributed by atoms with Gasteiger partial charge in [-0.2, -0.15) is 0 Å². The summed E-state index contributed by atoms with van der Waals surface area (Å²) < 4.78 is 10.6. The van der Waals surface area contributed by atoms with Crippen LogP contribution >= 0.6 is 0 Å². The molecule has 0 aromatic heterocycles. The Labute approximate surface area is 296 Å². The fourth-order valence-electron chi connectivity index (χ4n) is 5.24. The quantitative estimate of drug-likeness (QED) is 0.0413. The number of allylic oxidation sites excluding steroid dienone is 10. The molecule has 1 atom stereocenters. The third-order valence-corrected chi connectivity index (χ3v) is 8.28. The fraction of sp³-hybridized carbons (Fsp3) is 0.721. The maximum Gasteiger partial charge on any atom is 0.306 e. The molecular weight excluding hydrogens is 596 g/mol. The lowest BCUT2D eigenvalue weighted by Crippen LogP contribution is -2.28. The Bertz CT molecular complexity index is 853. The summed E-state index contributed by atoms with van der Waals surface area (Å²) in [6.07, 6.45) is 49.9. The third kappa shape index (κ3) is 36.4. The number of ether oxygens (including phenoxy) is 2. The molecule has 0 unspecified atom stereocenters. The first-order chi connectivity index (χ1) is 23.6. The molecule has 0 saturated heterocycles. The van der Waals surface area contributed by atoms with Gasteiger partial charge in [0.1, 0.15) is 6.61 Å². The van der Waals surface area contributed by atoms with Gasteiger partial charge in [-0.15, -0.1) is 0 Å². The predicted octanol–water partition coefficient (Wildman–Crippen LogP) is 12.4. The van der Waals surface area contributed by atoms with E-state index in [0.717, 1.165) is 64.2 Å².